The SMILES string of the molecule is O=[N+]([O-])c1cc(Br)ccc1Cn1cc(CCO)nn1. The third-order valence-electron chi connectivity index (χ3n) is 2.53. The summed E-state index contributed by atoms with van der Waals surface area (Å²) in [5.74, 6) is 0. The summed E-state index contributed by atoms with van der Waals surface area (Å²) in [6.45, 7) is 0.263. The second kappa shape index (κ2) is 5.89. The predicted molar refractivity (Wildman–Crippen MR) is 70.7 cm³/mol. The van der Waals surface area contributed by atoms with Gasteiger partial charge < -0.3 is 5.11 Å². The van der Waals surface area contributed by atoms with Gasteiger partial charge in [-0.2, -0.15) is 0 Å². The van der Waals surface area contributed by atoms with Crippen molar-refractivity contribution in [2.75, 3.05) is 6.61 Å². The molecule has 2 aromatic rings. The minimum Gasteiger partial charge on any atom is -0.396 e. The van der Waals surface area contributed by atoms with Crippen LogP contribution in [0.2, 0.25) is 0 Å². The molecule has 0 radical (unpaired) electrons. The molecule has 7 nitrogen and oxygen atoms in total. The van der Waals surface area contributed by atoms with E-state index in [1.807, 2.05) is 0 Å². The molecule has 0 aliphatic carbocycles. The molecule has 0 aliphatic heterocycles. The standard InChI is InChI=1S/C11H11BrN4O3/c12-9-2-1-8(11(5-9)16(18)19)6-15-7-10(3-4-17)13-14-15/h1-2,5,7,17H,3-4,6H2. The zero-order valence-corrected chi connectivity index (χ0v) is 11.4. The van der Waals surface area contributed by atoms with Crippen LogP contribution in [0, 0.1) is 10.1 Å². The summed E-state index contributed by atoms with van der Waals surface area (Å²) in [6.07, 6.45) is 2.09. The van der Waals surface area contributed by atoms with Crippen LogP contribution in [0.25, 0.3) is 0 Å². The number of nitrogens with zero attached hydrogens (tertiary/aromatic N) is 4. The van der Waals surface area contributed by atoms with Crippen LogP contribution in [-0.2, 0) is 13.0 Å². The van der Waals surface area contributed by atoms with Gasteiger partial charge in [0.25, 0.3) is 5.69 Å². The zero-order chi connectivity index (χ0) is 13.8. The molecule has 0 unspecified atom stereocenters. The molecule has 0 bridgehead atoms. The molecule has 1 heterocycles. The number of nitro benzene ring substituents is 1. The Morgan fingerprint density at radius 2 is 2.26 bits per heavy atom. The summed E-state index contributed by atoms with van der Waals surface area (Å²) in [4.78, 5) is 10.6. The van der Waals surface area contributed by atoms with Crippen molar-refractivity contribution < 1.29 is 10.0 Å². The molecule has 1 aromatic carbocycles. The van der Waals surface area contributed by atoms with E-state index >= 15 is 0 Å². The van der Waals surface area contributed by atoms with E-state index < -0.39 is 4.92 Å². The fourth-order valence-corrected chi connectivity index (χ4v) is 2.01. The largest absolute Gasteiger partial charge is 0.396 e. The van der Waals surface area contributed by atoms with Crippen molar-refractivity contribution in [2.45, 2.75) is 13.0 Å². The topological polar surface area (TPSA) is 94.1 Å². The van der Waals surface area contributed by atoms with Crippen LogP contribution in [0.5, 0.6) is 0 Å². The van der Waals surface area contributed by atoms with Crippen molar-refractivity contribution in [3.05, 3.63) is 50.2 Å². The lowest BCUT2D eigenvalue weighted by Crippen LogP contribution is -2.04. The maximum Gasteiger partial charge on any atom is 0.275 e. The maximum absolute atomic E-state index is 11.0. The molecule has 100 valence electrons. The van der Waals surface area contributed by atoms with Gasteiger partial charge >= 0.3 is 0 Å². The van der Waals surface area contributed by atoms with E-state index in [2.05, 4.69) is 26.2 Å². The lowest BCUT2D eigenvalue weighted by Gasteiger charge is -2.03. The van der Waals surface area contributed by atoms with Crippen LogP contribution in [0.3, 0.4) is 0 Å². The average molecular weight is 327 g/mol. The first kappa shape index (κ1) is 13.6. The maximum atomic E-state index is 11.0. The molecule has 0 saturated heterocycles. The van der Waals surface area contributed by atoms with Gasteiger partial charge in [0, 0.05) is 29.8 Å². The van der Waals surface area contributed by atoms with Gasteiger partial charge in [0.1, 0.15) is 0 Å². The summed E-state index contributed by atoms with van der Waals surface area (Å²) < 4.78 is 2.17. The molecule has 0 saturated carbocycles. The highest BCUT2D eigenvalue weighted by molar-refractivity contribution is 9.10. The highest BCUT2D eigenvalue weighted by Crippen LogP contribution is 2.24. The normalized spacial score (nSPS) is 10.6. The van der Waals surface area contributed by atoms with Gasteiger partial charge in [-0.15, -0.1) is 5.10 Å². The molecule has 0 fully saturated rings. The van der Waals surface area contributed by atoms with E-state index in [9.17, 15) is 10.1 Å². The van der Waals surface area contributed by atoms with Gasteiger partial charge in [0.15, 0.2) is 0 Å². The first-order valence-electron chi connectivity index (χ1n) is 5.53. The summed E-state index contributed by atoms with van der Waals surface area (Å²) in [5.41, 5.74) is 1.24. The second-order valence-corrected chi connectivity index (χ2v) is 4.83. The first-order valence-corrected chi connectivity index (χ1v) is 6.32. The summed E-state index contributed by atoms with van der Waals surface area (Å²) >= 11 is 3.21. The Morgan fingerprint density at radius 1 is 1.47 bits per heavy atom. The lowest BCUT2D eigenvalue weighted by molar-refractivity contribution is -0.385. The Kier molecular flexibility index (Phi) is 4.23. The Labute approximate surface area is 117 Å². The van der Waals surface area contributed by atoms with Gasteiger partial charge in [-0.3, -0.25) is 10.1 Å². The van der Waals surface area contributed by atoms with Crippen molar-refractivity contribution in [1.82, 2.24) is 15.0 Å². The number of rotatable bonds is 5. The number of hydrogen-bond acceptors (Lipinski definition) is 5. The zero-order valence-electron chi connectivity index (χ0n) is 9.86. The highest BCUT2D eigenvalue weighted by Gasteiger charge is 2.15. The van der Waals surface area contributed by atoms with Crippen molar-refractivity contribution in [3.8, 4) is 0 Å². The summed E-state index contributed by atoms with van der Waals surface area (Å²) in [6, 6.07) is 4.88. The Bertz CT molecular complexity index is 599. The van der Waals surface area contributed by atoms with E-state index in [4.69, 9.17) is 5.11 Å². The fraction of sp³-hybridized carbons (Fsp3) is 0.273. The third-order valence-corrected chi connectivity index (χ3v) is 3.02. The molecule has 0 spiro atoms. The minimum atomic E-state index is -0.425. The molecule has 1 N–H and O–H groups in total. The van der Waals surface area contributed by atoms with E-state index in [1.165, 1.54) is 10.7 Å². The first-order chi connectivity index (χ1) is 9.10. The van der Waals surface area contributed by atoms with Crippen LogP contribution in [0.15, 0.2) is 28.9 Å². The molecule has 0 aliphatic rings. The molecular formula is C11H11BrN4O3. The Balaban J connectivity index is 2.24. The number of hydrogen-bond donors (Lipinski definition) is 1. The molecule has 0 atom stereocenters. The number of aromatic nitrogens is 3. The Hall–Kier alpha value is -1.80. The molecule has 1 aromatic heterocycles. The Morgan fingerprint density at radius 3 is 2.95 bits per heavy atom. The molecule has 0 amide bonds. The van der Waals surface area contributed by atoms with Gasteiger partial charge in [0.2, 0.25) is 0 Å². The number of nitro groups is 1. The van der Waals surface area contributed by atoms with Crippen LogP contribution >= 0.6 is 15.9 Å². The van der Waals surface area contributed by atoms with Gasteiger partial charge in [-0.1, -0.05) is 21.1 Å². The average Bonchev–Trinajstić information content (AvgIpc) is 2.79. The molecule has 8 heteroatoms. The van der Waals surface area contributed by atoms with Crippen molar-refractivity contribution in [1.29, 1.82) is 0 Å². The lowest BCUT2D eigenvalue weighted by atomic mass is 10.2. The smallest absolute Gasteiger partial charge is 0.275 e. The van der Waals surface area contributed by atoms with Crippen molar-refractivity contribution in [3.63, 3.8) is 0 Å². The van der Waals surface area contributed by atoms with Crippen LogP contribution in [0.1, 0.15) is 11.3 Å². The predicted octanol–water partition coefficient (Wildman–Crippen LogP) is 1.53. The van der Waals surface area contributed by atoms with E-state index in [1.54, 1.807) is 18.3 Å². The monoisotopic (exact) mass is 326 g/mol. The number of halogens is 1. The summed E-state index contributed by atoms with van der Waals surface area (Å²) in [5, 5.41) is 27.5. The highest BCUT2D eigenvalue weighted by atomic mass is 79.9. The quantitative estimate of drug-likeness (QED) is 0.664. The number of aliphatic hydroxyl groups is 1. The third kappa shape index (κ3) is 3.36. The molecule has 19 heavy (non-hydrogen) atoms. The second-order valence-electron chi connectivity index (χ2n) is 3.91. The van der Waals surface area contributed by atoms with Crippen LogP contribution in [-0.4, -0.2) is 31.6 Å². The minimum absolute atomic E-state index is 0.00285. The van der Waals surface area contributed by atoms with Crippen molar-refractivity contribution >= 4 is 21.6 Å². The number of aliphatic hydroxyl groups excluding tert-OH is 1. The van der Waals surface area contributed by atoms with Crippen LogP contribution < -0.4 is 0 Å². The van der Waals surface area contributed by atoms with Gasteiger partial charge in [-0.25, -0.2) is 4.68 Å². The number of benzene rings is 1. The van der Waals surface area contributed by atoms with Gasteiger partial charge in [0.05, 0.1) is 22.7 Å². The molecule has 2 rings (SSSR count). The van der Waals surface area contributed by atoms with Gasteiger partial charge in [-0.05, 0) is 12.1 Å². The van der Waals surface area contributed by atoms with E-state index in [0.29, 0.717) is 22.2 Å². The summed E-state index contributed by atoms with van der Waals surface area (Å²) in [7, 11) is 0. The molecular weight excluding hydrogens is 316 g/mol. The van der Waals surface area contributed by atoms with E-state index in [-0.39, 0.29) is 18.8 Å². The van der Waals surface area contributed by atoms with Crippen molar-refractivity contribution in [2.24, 2.45) is 0 Å². The van der Waals surface area contributed by atoms with Crippen LogP contribution in [0.4, 0.5) is 5.69 Å². The fourth-order valence-electron chi connectivity index (χ4n) is 1.66. The van der Waals surface area contributed by atoms with E-state index in [0.717, 1.165) is 0 Å².